The summed E-state index contributed by atoms with van der Waals surface area (Å²) < 4.78 is 26.0. The van der Waals surface area contributed by atoms with Crippen molar-refractivity contribution in [3.8, 4) is 0 Å². The van der Waals surface area contributed by atoms with E-state index in [0.29, 0.717) is 3.57 Å². The van der Waals surface area contributed by atoms with Crippen molar-refractivity contribution in [3.63, 3.8) is 0 Å². The van der Waals surface area contributed by atoms with Crippen LogP contribution in [-0.4, -0.2) is 48.6 Å². The molecule has 6 nitrogen and oxygen atoms in total. The van der Waals surface area contributed by atoms with Gasteiger partial charge in [-0.2, -0.15) is 4.31 Å². The Hall–Kier alpha value is -0.710. The van der Waals surface area contributed by atoms with Gasteiger partial charge < -0.3 is 10.2 Å². The minimum atomic E-state index is -3.82. The van der Waals surface area contributed by atoms with Crippen LogP contribution >= 0.6 is 22.6 Å². The molecule has 0 bridgehead atoms. The fourth-order valence-corrected chi connectivity index (χ4v) is 3.29. The number of sulfonamides is 1. The average molecular weight is 399 g/mol. The van der Waals surface area contributed by atoms with Crippen molar-refractivity contribution in [1.82, 2.24) is 4.31 Å². The maximum absolute atomic E-state index is 12.2. The van der Waals surface area contributed by atoms with E-state index in [4.69, 9.17) is 10.2 Å². The van der Waals surface area contributed by atoms with Crippen molar-refractivity contribution < 1.29 is 23.4 Å². The molecule has 0 heterocycles. The third-order valence-electron chi connectivity index (χ3n) is 2.73. The second-order valence-electron chi connectivity index (χ2n) is 4.00. The van der Waals surface area contributed by atoms with Gasteiger partial charge in [-0.25, -0.2) is 13.2 Å². The summed E-state index contributed by atoms with van der Waals surface area (Å²) in [5.74, 6) is -1.18. The fourth-order valence-electron chi connectivity index (χ4n) is 1.35. The Morgan fingerprint density at radius 2 is 2.05 bits per heavy atom. The number of hydrogen-bond donors (Lipinski definition) is 2. The number of likely N-dealkylation sites (N-methyl/N-ethyl adjacent to an activating group) is 1. The summed E-state index contributed by atoms with van der Waals surface area (Å²) in [6, 6.07) is 3.33. The maximum Gasteiger partial charge on any atom is 0.336 e. The predicted molar refractivity (Wildman–Crippen MR) is 77.6 cm³/mol. The molecule has 0 saturated carbocycles. The van der Waals surface area contributed by atoms with E-state index in [2.05, 4.69) is 0 Å². The van der Waals surface area contributed by atoms with Gasteiger partial charge in [0, 0.05) is 16.7 Å². The molecular formula is C11H14INO5S. The lowest BCUT2D eigenvalue weighted by atomic mass is 10.2. The van der Waals surface area contributed by atoms with Crippen LogP contribution in [-0.2, 0) is 10.0 Å². The van der Waals surface area contributed by atoms with Crippen molar-refractivity contribution in [1.29, 1.82) is 0 Å². The zero-order valence-electron chi connectivity index (χ0n) is 10.4. The van der Waals surface area contributed by atoms with Crippen LogP contribution in [0.15, 0.2) is 23.1 Å². The van der Waals surface area contributed by atoms with Gasteiger partial charge in [0.05, 0.1) is 17.1 Å². The number of halogens is 1. The summed E-state index contributed by atoms with van der Waals surface area (Å²) in [5.41, 5.74) is -0.0632. The lowest BCUT2D eigenvalue weighted by Gasteiger charge is -2.22. The molecule has 0 aliphatic heterocycles. The van der Waals surface area contributed by atoms with E-state index in [1.807, 2.05) is 22.6 Å². The summed E-state index contributed by atoms with van der Waals surface area (Å²) in [4.78, 5) is 10.9. The van der Waals surface area contributed by atoms with Gasteiger partial charge in [-0.15, -0.1) is 0 Å². The molecule has 2 N–H and O–H groups in total. The largest absolute Gasteiger partial charge is 0.478 e. The Balaban J connectivity index is 3.30. The minimum absolute atomic E-state index is 0.0632. The number of carboxylic acid groups (broad SMARTS) is 1. The molecule has 0 spiro atoms. The predicted octanol–water partition coefficient (Wildman–Crippen LogP) is 0.991. The standard InChI is InChI=1S/C11H14INO5S/c1-7(6-14)13(2)19(17,18)8-3-4-10(12)9(5-8)11(15)16/h3-5,7,14H,6H2,1-2H3,(H,15,16). The lowest BCUT2D eigenvalue weighted by molar-refractivity contribution is 0.0695. The van der Waals surface area contributed by atoms with Gasteiger partial charge >= 0.3 is 5.97 Å². The topological polar surface area (TPSA) is 94.9 Å². The summed E-state index contributed by atoms with van der Waals surface area (Å²) in [7, 11) is -2.47. The van der Waals surface area contributed by atoms with Gasteiger partial charge in [-0.3, -0.25) is 0 Å². The van der Waals surface area contributed by atoms with Crippen LogP contribution in [0.5, 0.6) is 0 Å². The van der Waals surface area contributed by atoms with E-state index < -0.39 is 22.0 Å². The number of nitrogens with zero attached hydrogens (tertiary/aromatic N) is 1. The summed E-state index contributed by atoms with van der Waals surface area (Å²) in [6.07, 6.45) is 0. The molecule has 8 heteroatoms. The van der Waals surface area contributed by atoms with Crippen LogP contribution in [0.1, 0.15) is 17.3 Å². The molecule has 0 fully saturated rings. The zero-order chi connectivity index (χ0) is 14.8. The summed E-state index contributed by atoms with van der Waals surface area (Å²) >= 11 is 1.83. The van der Waals surface area contributed by atoms with Gasteiger partial charge in [0.15, 0.2) is 0 Å². The van der Waals surface area contributed by atoms with Crippen molar-refractivity contribution in [2.75, 3.05) is 13.7 Å². The first-order valence-electron chi connectivity index (χ1n) is 5.33. The van der Waals surface area contributed by atoms with Crippen LogP contribution in [0.4, 0.5) is 0 Å². The van der Waals surface area contributed by atoms with Crippen molar-refractivity contribution in [2.45, 2.75) is 17.9 Å². The molecule has 0 saturated heterocycles. The molecule has 1 aromatic carbocycles. The first-order valence-corrected chi connectivity index (χ1v) is 7.85. The molecule has 0 aliphatic carbocycles. The third kappa shape index (κ3) is 3.44. The van der Waals surface area contributed by atoms with Gasteiger partial charge in [-0.05, 0) is 47.7 Å². The van der Waals surface area contributed by atoms with Gasteiger partial charge in [0.25, 0.3) is 0 Å². The molecule has 0 aliphatic rings. The average Bonchev–Trinajstić information content (AvgIpc) is 2.36. The third-order valence-corrected chi connectivity index (χ3v) is 5.64. The monoisotopic (exact) mass is 399 g/mol. The lowest BCUT2D eigenvalue weighted by Crippen LogP contribution is -2.37. The van der Waals surface area contributed by atoms with E-state index in [1.54, 1.807) is 6.92 Å². The molecule has 1 aromatic rings. The fraction of sp³-hybridized carbons (Fsp3) is 0.364. The van der Waals surface area contributed by atoms with Crippen LogP contribution in [0.25, 0.3) is 0 Å². The number of hydrogen-bond acceptors (Lipinski definition) is 4. The number of carbonyl (C=O) groups is 1. The van der Waals surface area contributed by atoms with Crippen LogP contribution in [0, 0.1) is 3.57 Å². The highest BCUT2D eigenvalue weighted by Gasteiger charge is 2.26. The first-order chi connectivity index (χ1) is 8.71. The van der Waals surface area contributed by atoms with Crippen LogP contribution in [0.2, 0.25) is 0 Å². The SMILES string of the molecule is CC(CO)N(C)S(=O)(=O)c1ccc(I)c(C(=O)O)c1. The Kier molecular flexibility index (Phi) is 5.30. The quantitative estimate of drug-likeness (QED) is 0.721. The number of aromatic carboxylic acids is 1. The normalized spacial score (nSPS) is 13.5. The Labute approximate surface area is 125 Å². The second kappa shape index (κ2) is 6.16. The minimum Gasteiger partial charge on any atom is -0.478 e. The molecule has 1 unspecified atom stereocenters. The van der Waals surface area contributed by atoms with E-state index in [9.17, 15) is 13.2 Å². The van der Waals surface area contributed by atoms with Crippen LogP contribution in [0.3, 0.4) is 0 Å². The molecule has 0 amide bonds. The van der Waals surface area contributed by atoms with Gasteiger partial charge in [0.1, 0.15) is 0 Å². The molecule has 1 atom stereocenters. The first kappa shape index (κ1) is 16.3. The number of rotatable bonds is 5. The molecule has 1 rings (SSSR count). The van der Waals surface area contributed by atoms with Gasteiger partial charge in [-0.1, -0.05) is 0 Å². The highest BCUT2D eigenvalue weighted by Crippen LogP contribution is 2.21. The van der Waals surface area contributed by atoms with Crippen molar-refractivity contribution in [3.05, 3.63) is 27.3 Å². The van der Waals surface area contributed by atoms with Crippen molar-refractivity contribution in [2.24, 2.45) is 0 Å². The maximum atomic E-state index is 12.2. The zero-order valence-corrected chi connectivity index (χ0v) is 13.3. The number of aliphatic hydroxyl groups excluding tert-OH is 1. The second-order valence-corrected chi connectivity index (χ2v) is 7.16. The summed E-state index contributed by atoms with van der Waals surface area (Å²) in [5, 5.41) is 18.0. The van der Waals surface area contributed by atoms with E-state index in [0.717, 1.165) is 10.4 Å². The summed E-state index contributed by atoms with van der Waals surface area (Å²) in [6.45, 7) is 1.24. The highest BCUT2D eigenvalue weighted by atomic mass is 127. The van der Waals surface area contributed by atoms with Gasteiger partial charge in [0.2, 0.25) is 10.0 Å². The number of benzene rings is 1. The molecule has 0 aromatic heterocycles. The number of aliphatic hydroxyl groups is 1. The smallest absolute Gasteiger partial charge is 0.336 e. The van der Waals surface area contributed by atoms with E-state index in [-0.39, 0.29) is 17.1 Å². The number of carboxylic acids is 1. The van der Waals surface area contributed by atoms with E-state index in [1.165, 1.54) is 19.2 Å². The molecule has 106 valence electrons. The van der Waals surface area contributed by atoms with Crippen molar-refractivity contribution >= 4 is 38.6 Å². The van der Waals surface area contributed by atoms with Crippen LogP contribution < -0.4 is 0 Å². The Morgan fingerprint density at radius 3 is 2.53 bits per heavy atom. The molecule has 19 heavy (non-hydrogen) atoms. The Bertz CT molecular complexity index is 587. The molecule has 0 radical (unpaired) electrons. The highest BCUT2D eigenvalue weighted by molar-refractivity contribution is 14.1. The Morgan fingerprint density at radius 1 is 1.47 bits per heavy atom. The van der Waals surface area contributed by atoms with E-state index >= 15 is 0 Å². The molecular weight excluding hydrogens is 385 g/mol.